The van der Waals surface area contributed by atoms with Crippen LogP contribution in [0.5, 0.6) is 5.75 Å². The van der Waals surface area contributed by atoms with Gasteiger partial charge in [-0.3, -0.25) is 0 Å². The fraction of sp³-hybridized carbons (Fsp3) is 0.391. The molecule has 4 rings (SSSR count). The lowest BCUT2D eigenvalue weighted by Gasteiger charge is -2.24. The van der Waals surface area contributed by atoms with Gasteiger partial charge in [0.1, 0.15) is 24.3 Å². The number of H-pyrrole nitrogens is 1. The van der Waals surface area contributed by atoms with Crippen molar-refractivity contribution < 1.29 is 14.3 Å². The van der Waals surface area contributed by atoms with Gasteiger partial charge in [0.2, 0.25) is 0 Å². The fourth-order valence-electron chi connectivity index (χ4n) is 3.31. The van der Waals surface area contributed by atoms with E-state index in [9.17, 15) is 4.79 Å². The number of imidazole rings is 1. The van der Waals surface area contributed by atoms with E-state index in [4.69, 9.17) is 9.47 Å². The Morgan fingerprint density at radius 3 is 2.88 bits per heavy atom. The predicted molar refractivity (Wildman–Crippen MR) is 120 cm³/mol. The van der Waals surface area contributed by atoms with Gasteiger partial charge in [0, 0.05) is 19.1 Å². The van der Waals surface area contributed by atoms with Crippen molar-refractivity contribution in [1.82, 2.24) is 24.8 Å². The second-order valence-corrected chi connectivity index (χ2v) is 8.46. The summed E-state index contributed by atoms with van der Waals surface area (Å²) in [5, 5.41) is 3.38. The standard InChI is InChI=1S/C23H26N6O3/c1-23(2,3)32-22(30)29-12-11-16(14-29)26-20-19-21(25-15-24-20)28-18(27-19)10-7-13-31-17-8-5-4-6-9-17/h4-6,8-9,15-16H,11-14H2,1-3H3,(H2,24,25,26,27,28). The first-order chi connectivity index (χ1) is 15.4. The first-order valence-electron chi connectivity index (χ1n) is 10.5. The molecule has 0 radical (unpaired) electrons. The average Bonchev–Trinajstić information content (AvgIpc) is 3.38. The predicted octanol–water partition coefficient (Wildman–Crippen LogP) is 3.20. The van der Waals surface area contributed by atoms with Crippen molar-refractivity contribution in [2.75, 3.05) is 25.0 Å². The number of aromatic nitrogens is 4. The average molecular weight is 435 g/mol. The van der Waals surface area contributed by atoms with Crippen LogP contribution >= 0.6 is 0 Å². The molecule has 1 aliphatic heterocycles. The van der Waals surface area contributed by atoms with Gasteiger partial charge < -0.3 is 24.7 Å². The quantitative estimate of drug-likeness (QED) is 0.608. The van der Waals surface area contributed by atoms with Crippen molar-refractivity contribution >= 4 is 23.1 Å². The Morgan fingerprint density at radius 1 is 1.28 bits per heavy atom. The molecule has 0 saturated carbocycles. The topological polar surface area (TPSA) is 105 Å². The third kappa shape index (κ3) is 5.46. The highest BCUT2D eigenvalue weighted by atomic mass is 16.6. The van der Waals surface area contributed by atoms with E-state index in [2.05, 4.69) is 37.1 Å². The number of nitrogens with zero attached hydrogens (tertiary/aromatic N) is 4. The molecule has 3 heterocycles. The Hall–Kier alpha value is -3.80. The Morgan fingerprint density at radius 2 is 2.09 bits per heavy atom. The molecule has 2 N–H and O–H groups in total. The molecule has 1 amide bonds. The number of carbonyl (C=O) groups excluding carboxylic acids is 1. The highest BCUT2D eigenvalue weighted by molar-refractivity contribution is 5.83. The minimum Gasteiger partial charge on any atom is -0.481 e. The molecule has 1 atom stereocenters. The van der Waals surface area contributed by atoms with E-state index < -0.39 is 5.60 Å². The monoisotopic (exact) mass is 434 g/mol. The summed E-state index contributed by atoms with van der Waals surface area (Å²) in [7, 11) is 0. The maximum absolute atomic E-state index is 12.3. The highest BCUT2D eigenvalue weighted by Crippen LogP contribution is 2.21. The van der Waals surface area contributed by atoms with Gasteiger partial charge in [-0.25, -0.2) is 19.7 Å². The molecule has 0 spiro atoms. The molecule has 1 fully saturated rings. The Labute approximate surface area is 186 Å². The SMILES string of the molecule is CC(C)(C)OC(=O)N1CCC(Nc2ncnc3[nH]c(C#CCOc4ccccc4)nc23)C1. The number of rotatable bonds is 4. The zero-order chi connectivity index (χ0) is 22.6. The molecule has 1 unspecified atom stereocenters. The normalized spacial score (nSPS) is 15.8. The molecule has 9 nitrogen and oxygen atoms in total. The van der Waals surface area contributed by atoms with Crippen molar-refractivity contribution in [3.8, 4) is 17.6 Å². The summed E-state index contributed by atoms with van der Waals surface area (Å²) in [6.45, 7) is 6.99. The van der Waals surface area contributed by atoms with Crippen LogP contribution in [0.2, 0.25) is 0 Å². The smallest absolute Gasteiger partial charge is 0.410 e. The second-order valence-electron chi connectivity index (χ2n) is 8.46. The van der Waals surface area contributed by atoms with E-state index in [1.165, 1.54) is 6.33 Å². The third-order valence-electron chi connectivity index (χ3n) is 4.72. The molecule has 32 heavy (non-hydrogen) atoms. The van der Waals surface area contributed by atoms with Crippen molar-refractivity contribution in [2.24, 2.45) is 0 Å². The number of likely N-dealkylation sites (tertiary alicyclic amines) is 1. The number of anilines is 1. The lowest BCUT2D eigenvalue weighted by molar-refractivity contribution is 0.0293. The van der Waals surface area contributed by atoms with Crippen LogP contribution in [0.4, 0.5) is 10.6 Å². The maximum Gasteiger partial charge on any atom is 0.410 e. The first kappa shape index (κ1) is 21.4. The molecule has 3 aromatic rings. The number of fused-ring (bicyclic) bond motifs is 1. The van der Waals surface area contributed by atoms with Gasteiger partial charge in [-0.15, -0.1) is 0 Å². The van der Waals surface area contributed by atoms with Crippen LogP contribution in [0.3, 0.4) is 0 Å². The van der Waals surface area contributed by atoms with E-state index in [-0.39, 0.29) is 18.7 Å². The minimum atomic E-state index is -0.514. The second kappa shape index (κ2) is 9.14. The molecule has 166 valence electrons. The molecular weight excluding hydrogens is 408 g/mol. The van der Waals surface area contributed by atoms with E-state index in [0.29, 0.717) is 35.9 Å². The largest absolute Gasteiger partial charge is 0.481 e. The van der Waals surface area contributed by atoms with Crippen LogP contribution in [-0.2, 0) is 4.74 Å². The number of benzene rings is 1. The van der Waals surface area contributed by atoms with Crippen LogP contribution in [0.25, 0.3) is 11.2 Å². The highest BCUT2D eigenvalue weighted by Gasteiger charge is 2.30. The van der Waals surface area contributed by atoms with Gasteiger partial charge in [0.25, 0.3) is 0 Å². The summed E-state index contributed by atoms with van der Waals surface area (Å²) in [5.74, 6) is 7.77. The van der Waals surface area contributed by atoms with Gasteiger partial charge in [-0.05, 0) is 45.2 Å². The van der Waals surface area contributed by atoms with Gasteiger partial charge in [0.05, 0.1) is 0 Å². The number of hydrogen-bond donors (Lipinski definition) is 2. The minimum absolute atomic E-state index is 0.0473. The summed E-state index contributed by atoms with van der Waals surface area (Å²) in [6.07, 6.45) is 1.96. The van der Waals surface area contributed by atoms with Crippen molar-refractivity contribution in [3.63, 3.8) is 0 Å². The van der Waals surface area contributed by atoms with E-state index in [0.717, 1.165) is 12.2 Å². The molecule has 9 heteroatoms. The maximum atomic E-state index is 12.3. The summed E-state index contributed by atoms with van der Waals surface area (Å²) in [5.41, 5.74) is 0.689. The van der Waals surface area contributed by atoms with E-state index >= 15 is 0 Å². The van der Waals surface area contributed by atoms with E-state index in [1.54, 1.807) is 4.90 Å². The summed E-state index contributed by atoms with van der Waals surface area (Å²) in [6, 6.07) is 9.55. The third-order valence-corrected chi connectivity index (χ3v) is 4.72. The molecule has 0 aliphatic carbocycles. The Balaban J connectivity index is 1.39. The van der Waals surface area contributed by atoms with Gasteiger partial charge >= 0.3 is 6.09 Å². The van der Waals surface area contributed by atoms with Crippen LogP contribution in [0.1, 0.15) is 33.0 Å². The molecular formula is C23H26N6O3. The Kier molecular flexibility index (Phi) is 6.12. The number of amides is 1. The Bertz CT molecular complexity index is 1140. The first-order valence-corrected chi connectivity index (χ1v) is 10.5. The summed E-state index contributed by atoms with van der Waals surface area (Å²) >= 11 is 0. The van der Waals surface area contributed by atoms with Crippen LogP contribution in [0, 0.1) is 11.8 Å². The van der Waals surface area contributed by atoms with E-state index in [1.807, 2.05) is 51.1 Å². The summed E-state index contributed by atoms with van der Waals surface area (Å²) < 4.78 is 11.0. The molecule has 0 bridgehead atoms. The van der Waals surface area contributed by atoms with Gasteiger partial charge in [-0.1, -0.05) is 24.1 Å². The van der Waals surface area contributed by atoms with Crippen LogP contribution < -0.4 is 10.1 Å². The summed E-state index contributed by atoms with van der Waals surface area (Å²) in [4.78, 5) is 30.2. The van der Waals surface area contributed by atoms with Gasteiger partial charge in [-0.2, -0.15) is 0 Å². The van der Waals surface area contributed by atoms with Crippen LogP contribution in [-0.4, -0.2) is 62.3 Å². The van der Waals surface area contributed by atoms with Crippen molar-refractivity contribution in [3.05, 3.63) is 42.5 Å². The zero-order valence-corrected chi connectivity index (χ0v) is 18.4. The van der Waals surface area contributed by atoms with Gasteiger partial charge in [0.15, 0.2) is 22.8 Å². The lowest BCUT2D eigenvalue weighted by atomic mass is 10.2. The number of para-hydroxylation sites is 1. The zero-order valence-electron chi connectivity index (χ0n) is 18.4. The number of carbonyl (C=O) groups is 1. The molecule has 1 aliphatic rings. The molecule has 2 aromatic heterocycles. The molecule has 1 aromatic carbocycles. The fourth-order valence-corrected chi connectivity index (χ4v) is 3.31. The van der Waals surface area contributed by atoms with Crippen molar-refractivity contribution in [1.29, 1.82) is 0 Å². The number of nitrogens with one attached hydrogen (secondary N) is 2. The molecule has 1 saturated heterocycles. The lowest BCUT2D eigenvalue weighted by Crippen LogP contribution is -2.36. The number of aromatic amines is 1. The number of ether oxygens (including phenoxy) is 2. The van der Waals surface area contributed by atoms with Crippen molar-refractivity contribution in [2.45, 2.75) is 38.8 Å². The number of hydrogen-bond acceptors (Lipinski definition) is 7. The van der Waals surface area contributed by atoms with Crippen LogP contribution in [0.15, 0.2) is 36.7 Å².